The summed E-state index contributed by atoms with van der Waals surface area (Å²) in [6.45, 7) is 3.06. The van der Waals surface area contributed by atoms with Crippen LogP contribution in [0.15, 0.2) is 78.1 Å². The highest BCUT2D eigenvalue weighted by molar-refractivity contribution is 7.99. The number of imidazole rings is 1. The Morgan fingerprint density at radius 2 is 1.79 bits per heavy atom. The second-order valence-electron chi connectivity index (χ2n) is 7.87. The number of carbonyl (C=O) groups is 1. The lowest BCUT2D eigenvalue weighted by Crippen LogP contribution is -2.16. The van der Waals surface area contributed by atoms with Gasteiger partial charge in [-0.2, -0.15) is 0 Å². The van der Waals surface area contributed by atoms with E-state index in [1.165, 1.54) is 17.3 Å². The zero-order valence-corrected chi connectivity index (χ0v) is 19.8. The Labute approximate surface area is 202 Å². The van der Waals surface area contributed by atoms with Gasteiger partial charge in [0.25, 0.3) is 0 Å². The Bertz CT molecular complexity index is 1330. The minimum absolute atomic E-state index is 0.000675. The van der Waals surface area contributed by atoms with Gasteiger partial charge in [-0.15, -0.1) is 0 Å². The van der Waals surface area contributed by atoms with Gasteiger partial charge in [0, 0.05) is 16.8 Å². The van der Waals surface area contributed by atoms with Crippen molar-refractivity contribution in [2.24, 2.45) is 0 Å². The summed E-state index contributed by atoms with van der Waals surface area (Å²) in [4.78, 5) is 17.7. The van der Waals surface area contributed by atoms with Crippen LogP contribution in [0.4, 0.5) is 0 Å². The number of carbonyl (C=O) groups excluding carboxylic acids is 1. The van der Waals surface area contributed by atoms with E-state index in [9.17, 15) is 4.79 Å². The van der Waals surface area contributed by atoms with E-state index in [1.54, 1.807) is 25.3 Å². The SMILES string of the molecule is COc1ccccc1-c1cnc(SCC(=O)c2ccc3c(c2)OCCO3)n1-c1ccc(C)cc1. The molecule has 0 saturated carbocycles. The molecular formula is C27H24N2O4S. The number of nitrogens with zero attached hydrogens (tertiary/aromatic N) is 2. The number of aryl methyl sites for hydroxylation is 1. The number of benzene rings is 3. The molecule has 7 heteroatoms. The summed E-state index contributed by atoms with van der Waals surface area (Å²) in [5.74, 6) is 2.29. The molecule has 5 rings (SSSR count). The predicted octanol–water partition coefficient (Wildman–Crippen LogP) is 5.60. The molecule has 1 aliphatic rings. The first kappa shape index (κ1) is 22.1. The summed E-state index contributed by atoms with van der Waals surface area (Å²) in [5.41, 5.74) is 4.57. The summed E-state index contributed by atoms with van der Waals surface area (Å²) < 4.78 is 18.8. The number of thioether (sulfide) groups is 1. The molecule has 34 heavy (non-hydrogen) atoms. The van der Waals surface area contributed by atoms with E-state index in [1.807, 2.05) is 30.5 Å². The molecule has 0 spiro atoms. The van der Waals surface area contributed by atoms with Gasteiger partial charge in [0.05, 0.1) is 24.8 Å². The first-order chi connectivity index (χ1) is 16.6. The van der Waals surface area contributed by atoms with E-state index in [4.69, 9.17) is 14.2 Å². The van der Waals surface area contributed by atoms with E-state index in [0.717, 1.165) is 27.9 Å². The fourth-order valence-corrected chi connectivity index (χ4v) is 4.74. The predicted molar refractivity (Wildman–Crippen MR) is 133 cm³/mol. The Morgan fingerprint density at radius 3 is 2.59 bits per heavy atom. The molecule has 0 aliphatic carbocycles. The molecule has 0 fully saturated rings. The Hall–Kier alpha value is -3.71. The van der Waals surface area contributed by atoms with Crippen molar-refractivity contribution in [1.29, 1.82) is 0 Å². The van der Waals surface area contributed by atoms with Gasteiger partial charge in [0.15, 0.2) is 22.4 Å². The summed E-state index contributed by atoms with van der Waals surface area (Å²) in [5, 5.41) is 0.732. The van der Waals surface area contributed by atoms with Crippen LogP contribution in [0, 0.1) is 6.92 Å². The van der Waals surface area contributed by atoms with E-state index in [-0.39, 0.29) is 11.5 Å². The first-order valence-electron chi connectivity index (χ1n) is 11.0. The molecule has 0 N–H and O–H groups in total. The van der Waals surface area contributed by atoms with Crippen molar-refractivity contribution in [1.82, 2.24) is 9.55 Å². The molecule has 1 aromatic heterocycles. The average molecular weight is 473 g/mol. The highest BCUT2D eigenvalue weighted by Gasteiger charge is 2.19. The molecule has 0 saturated heterocycles. The van der Waals surface area contributed by atoms with Crippen LogP contribution in [-0.4, -0.2) is 41.4 Å². The quantitative estimate of drug-likeness (QED) is 0.258. The van der Waals surface area contributed by atoms with Crippen LogP contribution in [-0.2, 0) is 0 Å². The molecule has 6 nitrogen and oxygen atoms in total. The molecule has 0 unspecified atom stereocenters. The van der Waals surface area contributed by atoms with E-state index < -0.39 is 0 Å². The normalized spacial score (nSPS) is 12.4. The largest absolute Gasteiger partial charge is 0.496 e. The maximum absolute atomic E-state index is 13.0. The summed E-state index contributed by atoms with van der Waals surface area (Å²) in [7, 11) is 1.66. The van der Waals surface area contributed by atoms with Crippen molar-refractivity contribution < 1.29 is 19.0 Å². The smallest absolute Gasteiger partial charge is 0.173 e. The van der Waals surface area contributed by atoms with Gasteiger partial charge >= 0.3 is 0 Å². The minimum Gasteiger partial charge on any atom is -0.496 e. The van der Waals surface area contributed by atoms with Gasteiger partial charge in [-0.3, -0.25) is 9.36 Å². The number of hydrogen-bond acceptors (Lipinski definition) is 6. The number of ether oxygens (including phenoxy) is 3. The fourth-order valence-electron chi connectivity index (χ4n) is 3.86. The number of aromatic nitrogens is 2. The Morgan fingerprint density at radius 1 is 1.03 bits per heavy atom. The molecule has 2 heterocycles. The van der Waals surface area contributed by atoms with Crippen LogP contribution >= 0.6 is 11.8 Å². The van der Waals surface area contributed by atoms with Crippen LogP contribution in [0.3, 0.4) is 0 Å². The minimum atomic E-state index is -0.000675. The standard InChI is InChI=1S/C27H24N2O4S/c1-18-7-10-20(11-8-18)29-22(21-5-3-4-6-24(21)31-2)16-28-27(29)34-17-23(30)19-9-12-25-26(15-19)33-14-13-32-25/h3-12,15-16H,13-14,17H2,1-2H3. The number of Topliss-reactive ketones (excluding diaryl/α,β-unsaturated/α-hetero) is 1. The van der Waals surface area contributed by atoms with Crippen molar-refractivity contribution >= 4 is 17.5 Å². The van der Waals surface area contributed by atoms with Crippen molar-refractivity contribution in [2.75, 3.05) is 26.1 Å². The maximum Gasteiger partial charge on any atom is 0.173 e. The fraction of sp³-hybridized carbons (Fsp3) is 0.185. The van der Waals surface area contributed by atoms with Crippen molar-refractivity contribution in [2.45, 2.75) is 12.1 Å². The molecule has 172 valence electrons. The van der Waals surface area contributed by atoms with Gasteiger partial charge in [0.1, 0.15) is 19.0 Å². The van der Waals surface area contributed by atoms with Gasteiger partial charge in [0.2, 0.25) is 0 Å². The number of hydrogen-bond donors (Lipinski definition) is 0. The lowest BCUT2D eigenvalue weighted by molar-refractivity contribution is 0.102. The Kier molecular flexibility index (Phi) is 6.27. The second kappa shape index (κ2) is 9.65. The van der Waals surface area contributed by atoms with Crippen molar-refractivity contribution in [3.63, 3.8) is 0 Å². The van der Waals surface area contributed by atoms with Crippen LogP contribution in [0.5, 0.6) is 17.2 Å². The van der Waals surface area contributed by atoms with Gasteiger partial charge in [-0.25, -0.2) is 4.98 Å². The van der Waals surface area contributed by atoms with Gasteiger partial charge in [-0.05, 0) is 49.4 Å². The van der Waals surface area contributed by atoms with E-state index in [2.05, 4.69) is 40.7 Å². The number of para-hydroxylation sites is 1. The molecule has 0 atom stereocenters. The number of fused-ring (bicyclic) bond motifs is 1. The summed E-state index contributed by atoms with van der Waals surface area (Å²) >= 11 is 1.40. The van der Waals surface area contributed by atoms with E-state index in [0.29, 0.717) is 30.3 Å². The molecule has 0 radical (unpaired) electrons. The zero-order valence-electron chi connectivity index (χ0n) is 19.0. The van der Waals surface area contributed by atoms with Crippen LogP contribution < -0.4 is 14.2 Å². The number of methoxy groups -OCH3 is 1. The molecule has 1 aliphatic heterocycles. The molecule has 4 aromatic rings. The lowest BCUT2D eigenvalue weighted by atomic mass is 10.1. The summed E-state index contributed by atoms with van der Waals surface area (Å²) in [6.07, 6.45) is 1.83. The molecule has 0 bridgehead atoms. The highest BCUT2D eigenvalue weighted by Crippen LogP contribution is 2.36. The average Bonchev–Trinajstić information content (AvgIpc) is 3.31. The zero-order chi connectivity index (χ0) is 23.5. The Balaban J connectivity index is 1.46. The van der Waals surface area contributed by atoms with Crippen LogP contribution in [0.1, 0.15) is 15.9 Å². The van der Waals surface area contributed by atoms with Crippen LogP contribution in [0.2, 0.25) is 0 Å². The van der Waals surface area contributed by atoms with Gasteiger partial charge < -0.3 is 14.2 Å². The number of rotatable bonds is 7. The molecular weight excluding hydrogens is 448 g/mol. The summed E-state index contributed by atoms with van der Waals surface area (Å²) in [6, 6.07) is 21.4. The number of ketones is 1. The van der Waals surface area contributed by atoms with Gasteiger partial charge in [-0.1, -0.05) is 41.6 Å². The van der Waals surface area contributed by atoms with Crippen LogP contribution in [0.25, 0.3) is 16.9 Å². The molecule has 3 aromatic carbocycles. The molecule has 0 amide bonds. The van der Waals surface area contributed by atoms with Crippen molar-refractivity contribution in [3.8, 4) is 34.2 Å². The third-order valence-electron chi connectivity index (χ3n) is 5.60. The van der Waals surface area contributed by atoms with E-state index >= 15 is 0 Å². The maximum atomic E-state index is 13.0. The lowest BCUT2D eigenvalue weighted by Gasteiger charge is -2.18. The third-order valence-corrected chi connectivity index (χ3v) is 6.55. The van der Waals surface area contributed by atoms with Crippen molar-refractivity contribution in [3.05, 3.63) is 84.1 Å². The second-order valence-corrected chi connectivity index (χ2v) is 8.81. The first-order valence-corrected chi connectivity index (χ1v) is 12.0. The third kappa shape index (κ3) is 4.39. The monoisotopic (exact) mass is 472 g/mol. The topological polar surface area (TPSA) is 62.6 Å². The highest BCUT2D eigenvalue weighted by atomic mass is 32.2.